The van der Waals surface area contributed by atoms with E-state index in [9.17, 15) is 9.90 Å². The van der Waals surface area contributed by atoms with Gasteiger partial charge >= 0.3 is 5.97 Å². The Morgan fingerprint density at radius 1 is 1.04 bits per heavy atom. The first kappa shape index (κ1) is 19.4. The average molecular weight is 360 g/mol. The summed E-state index contributed by atoms with van der Waals surface area (Å²) in [5.41, 5.74) is 0.889. The second-order valence-electron chi connectivity index (χ2n) is 5.98. The molecule has 2 rings (SSSR count). The lowest BCUT2D eigenvalue weighted by Crippen LogP contribution is -2.32. The van der Waals surface area contributed by atoms with Crippen LogP contribution in [0.2, 0.25) is 0 Å². The van der Waals surface area contributed by atoms with Crippen molar-refractivity contribution in [1.29, 1.82) is 0 Å². The van der Waals surface area contributed by atoms with E-state index in [0.29, 0.717) is 5.95 Å². The molecule has 1 aromatic carbocycles. The first-order valence-electron chi connectivity index (χ1n) is 8.38. The average Bonchev–Trinajstić information content (AvgIpc) is 2.59. The topological polar surface area (TPSA) is 132 Å². The Kier molecular flexibility index (Phi) is 7.10. The molecule has 0 unspecified atom stereocenters. The minimum absolute atomic E-state index is 0.0762. The third-order valence-corrected chi connectivity index (χ3v) is 3.33. The van der Waals surface area contributed by atoms with Gasteiger partial charge in [0.05, 0.1) is 6.61 Å². The maximum Gasteiger partial charge on any atom is 0.326 e. The second-order valence-corrected chi connectivity index (χ2v) is 5.98. The molecule has 0 aliphatic rings. The fourth-order valence-corrected chi connectivity index (χ4v) is 2.22. The minimum atomic E-state index is -1.00. The number of carboxylic acid groups (broad SMARTS) is 1. The number of benzene rings is 1. The Morgan fingerprint density at radius 3 is 2.23 bits per heavy atom. The first-order valence-corrected chi connectivity index (χ1v) is 8.38. The van der Waals surface area contributed by atoms with Crippen LogP contribution in [0.4, 0.5) is 17.8 Å². The van der Waals surface area contributed by atoms with Crippen LogP contribution in [0.5, 0.6) is 0 Å². The Labute approximate surface area is 151 Å². The maximum absolute atomic E-state index is 11.6. The molecule has 1 atom stereocenters. The molecular formula is C17H24N6O3. The number of carbonyl (C=O) groups is 1. The van der Waals surface area contributed by atoms with Crippen molar-refractivity contribution >= 4 is 23.8 Å². The number of hydrogen-bond donors (Lipinski definition) is 5. The normalized spacial score (nSPS) is 11.8. The van der Waals surface area contributed by atoms with Gasteiger partial charge in [-0.15, -0.1) is 0 Å². The van der Waals surface area contributed by atoms with Crippen LogP contribution < -0.4 is 16.0 Å². The summed E-state index contributed by atoms with van der Waals surface area (Å²) in [6.07, 6.45) is 0.286. The SMILES string of the molecule is CC(C)Nc1nc(NCCO)nc(N[C@H](Cc2ccccc2)C(=O)O)n1. The van der Waals surface area contributed by atoms with E-state index < -0.39 is 12.0 Å². The number of nitrogens with zero attached hydrogens (tertiary/aromatic N) is 3. The molecule has 2 aromatic rings. The number of aliphatic carboxylic acids is 1. The predicted molar refractivity (Wildman–Crippen MR) is 99.4 cm³/mol. The molecule has 1 aromatic heterocycles. The Hall–Kier alpha value is -2.94. The van der Waals surface area contributed by atoms with Gasteiger partial charge in [-0.3, -0.25) is 0 Å². The molecule has 0 aliphatic heterocycles. The maximum atomic E-state index is 11.6. The van der Waals surface area contributed by atoms with Crippen molar-refractivity contribution < 1.29 is 15.0 Å². The zero-order chi connectivity index (χ0) is 18.9. The van der Waals surface area contributed by atoms with E-state index >= 15 is 0 Å². The van der Waals surface area contributed by atoms with Crippen molar-refractivity contribution in [3.05, 3.63) is 35.9 Å². The van der Waals surface area contributed by atoms with Crippen molar-refractivity contribution in [1.82, 2.24) is 15.0 Å². The second kappa shape index (κ2) is 9.52. The number of hydrogen-bond acceptors (Lipinski definition) is 8. The molecule has 0 amide bonds. The molecule has 0 radical (unpaired) electrons. The summed E-state index contributed by atoms with van der Waals surface area (Å²) >= 11 is 0. The molecule has 5 N–H and O–H groups in total. The van der Waals surface area contributed by atoms with Crippen LogP contribution in [-0.2, 0) is 11.2 Å². The highest BCUT2D eigenvalue weighted by Crippen LogP contribution is 2.13. The summed E-state index contributed by atoms with van der Waals surface area (Å²) < 4.78 is 0. The van der Waals surface area contributed by atoms with E-state index in [1.807, 2.05) is 44.2 Å². The van der Waals surface area contributed by atoms with Gasteiger partial charge in [0.25, 0.3) is 0 Å². The van der Waals surface area contributed by atoms with Crippen LogP contribution in [0, 0.1) is 0 Å². The van der Waals surface area contributed by atoms with Gasteiger partial charge in [-0.2, -0.15) is 15.0 Å². The van der Waals surface area contributed by atoms with Crippen LogP contribution >= 0.6 is 0 Å². The van der Waals surface area contributed by atoms with Crippen molar-refractivity contribution in [2.45, 2.75) is 32.4 Å². The zero-order valence-corrected chi connectivity index (χ0v) is 14.8. The fraction of sp³-hybridized carbons (Fsp3) is 0.412. The van der Waals surface area contributed by atoms with Crippen LogP contribution in [0.1, 0.15) is 19.4 Å². The molecular weight excluding hydrogens is 336 g/mol. The molecule has 9 nitrogen and oxygen atoms in total. The quantitative estimate of drug-likeness (QED) is 0.424. The molecule has 0 bridgehead atoms. The van der Waals surface area contributed by atoms with Gasteiger partial charge in [0.1, 0.15) is 6.04 Å². The lowest BCUT2D eigenvalue weighted by atomic mass is 10.1. The van der Waals surface area contributed by atoms with Gasteiger partial charge in [-0.25, -0.2) is 4.79 Å². The Bertz CT molecular complexity index is 711. The van der Waals surface area contributed by atoms with Crippen molar-refractivity contribution in [3.8, 4) is 0 Å². The first-order chi connectivity index (χ1) is 12.5. The van der Waals surface area contributed by atoms with Crippen LogP contribution in [0.15, 0.2) is 30.3 Å². The van der Waals surface area contributed by atoms with Crippen LogP contribution in [0.3, 0.4) is 0 Å². The molecule has 1 heterocycles. The summed E-state index contributed by atoms with van der Waals surface area (Å²) in [6, 6.07) is 8.53. The Morgan fingerprint density at radius 2 is 1.65 bits per heavy atom. The molecule has 0 saturated carbocycles. The highest BCUT2D eigenvalue weighted by molar-refractivity contribution is 5.77. The smallest absolute Gasteiger partial charge is 0.326 e. The molecule has 140 valence electrons. The number of rotatable bonds is 10. The molecule has 9 heteroatoms. The van der Waals surface area contributed by atoms with Gasteiger partial charge in [0.2, 0.25) is 17.8 Å². The summed E-state index contributed by atoms with van der Waals surface area (Å²) in [5, 5.41) is 27.3. The number of carboxylic acids is 1. The lowest BCUT2D eigenvalue weighted by Gasteiger charge is -2.16. The van der Waals surface area contributed by atoms with E-state index in [1.165, 1.54) is 0 Å². The van der Waals surface area contributed by atoms with Crippen LogP contribution in [0.25, 0.3) is 0 Å². The van der Waals surface area contributed by atoms with E-state index in [1.54, 1.807) is 0 Å². The number of nitrogens with one attached hydrogen (secondary N) is 3. The third-order valence-electron chi connectivity index (χ3n) is 3.33. The van der Waals surface area contributed by atoms with E-state index in [0.717, 1.165) is 5.56 Å². The van der Waals surface area contributed by atoms with Gasteiger partial charge < -0.3 is 26.2 Å². The molecule has 0 aliphatic carbocycles. The van der Waals surface area contributed by atoms with E-state index in [-0.39, 0.29) is 37.5 Å². The lowest BCUT2D eigenvalue weighted by molar-refractivity contribution is -0.137. The third kappa shape index (κ3) is 6.17. The number of aliphatic hydroxyl groups is 1. The monoisotopic (exact) mass is 360 g/mol. The highest BCUT2D eigenvalue weighted by Gasteiger charge is 2.20. The van der Waals surface area contributed by atoms with Crippen LogP contribution in [-0.4, -0.2) is 56.4 Å². The summed E-state index contributed by atoms with van der Waals surface area (Å²) in [5.74, 6) is -0.283. The Balaban J connectivity index is 2.21. The zero-order valence-electron chi connectivity index (χ0n) is 14.8. The van der Waals surface area contributed by atoms with Gasteiger partial charge in [0.15, 0.2) is 0 Å². The molecule has 0 saturated heterocycles. The van der Waals surface area contributed by atoms with Gasteiger partial charge in [0, 0.05) is 19.0 Å². The summed E-state index contributed by atoms with van der Waals surface area (Å²) in [7, 11) is 0. The van der Waals surface area contributed by atoms with Gasteiger partial charge in [-0.05, 0) is 19.4 Å². The standard InChI is InChI=1S/C17H24N6O3/c1-11(2)19-16-21-15(18-8-9-24)22-17(23-16)20-13(14(25)26)10-12-6-4-3-5-7-12/h3-7,11,13,24H,8-10H2,1-2H3,(H,25,26)(H3,18,19,20,21,22,23)/t13-/m1/s1. The van der Waals surface area contributed by atoms with Crippen molar-refractivity contribution in [2.24, 2.45) is 0 Å². The fourth-order valence-electron chi connectivity index (χ4n) is 2.22. The van der Waals surface area contributed by atoms with Crippen molar-refractivity contribution in [3.63, 3.8) is 0 Å². The number of aliphatic hydroxyl groups excluding tert-OH is 1. The molecule has 26 heavy (non-hydrogen) atoms. The highest BCUT2D eigenvalue weighted by atomic mass is 16.4. The number of aromatic nitrogens is 3. The molecule has 0 spiro atoms. The summed E-state index contributed by atoms with van der Waals surface area (Å²) in [4.78, 5) is 24.3. The minimum Gasteiger partial charge on any atom is -0.480 e. The largest absolute Gasteiger partial charge is 0.480 e. The van der Waals surface area contributed by atoms with E-state index in [4.69, 9.17) is 5.11 Å². The predicted octanol–water partition coefficient (Wildman–Crippen LogP) is 1.20. The summed E-state index contributed by atoms with van der Waals surface area (Å²) in [6.45, 7) is 4.07. The molecule has 0 fully saturated rings. The van der Waals surface area contributed by atoms with E-state index in [2.05, 4.69) is 30.9 Å². The van der Waals surface area contributed by atoms with Gasteiger partial charge in [-0.1, -0.05) is 30.3 Å². The van der Waals surface area contributed by atoms with Crippen molar-refractivity contribution in [2.75, 3.05) is 29.1 Å². The number of anilines is 3.